The molecular weight excluding hydrogens is 887 g/mol. The van der Waals surface area contributed by atoms with E-state index in [1.165, 1.54) is 12.7 Å². The van der Waals surface area contributed by atoms with Crippen LogP contribution in [-0.4, -0.2) is 99.3 Å². The maximum Gasteiger partial charge on any atom is 0.333 e. The number of hydrogen-bond donors (Lipinski definition) is 4. The van der Waals surface area contributed by atoms with Gasteiger partial charge in [0.1, 0.15) is 47.3 Å². The second-order valence-electron chi connectivity index (χ2n) is 21.0. The summed E-state index contributed by atoms with van der Waals surface area (Å²) in [5.74, 6) is -1.96. The lowest BCUT2D eigenvalue weighted by Crippen LogP contribution is -2.78. The number of benzene rings is 2. The van der Waals surface area contributed by atoms with E-state index >= 15 is 4.79 Å². The summed E-state index contributed by atoms with van der Waals surface area (Å²) in [5.41, 5.74) is 1.73. The average Bonchev–Trinajstić information content (AvgIpc) is 3.46. The van der Waals surface area contributed by atoms with Gasteiger partial charge in [0.05, 0.1) is 36.2 Å². The highest BCUT2D eigenvalue weighted by atomic mass is 32.2. The van der Waals surface area contributed by atoms with Crippen molar-refractivity contribution in [2.75, 3.05) is 19.0 Å². The molecule has 5 heterocycles. The molecule has 2 saturated heterocycles. The molecule has 0 aromatic heterocycles. The first-order valence-corrected chi connectivity index (χ1v) is 24.9. The third-order valence-electron chi connectivity index (χ3n) is 14.9. The first kappa shape index (κ1) is 48.6. The second kappa shape index (κ2) is 17.8. The summed E-state index contributed by atoms with van der Waals surface area (Å²) < 4.78 is 45.8. The van der Waals surface area contributed by atoms with Crippen LogP contribution < -0.4 is 19.5 Å². The third kappa shape index (κ3) is 7.96. The lowest BCUT2D eigenvalue weighted by atomic mass is 9.47. The van der Waals surface area contributed by atoms with E-state index in [1.54, 1.807) is 38.6 Å². The Morgan fingerprint density at radius 1 is 1.00 bits per heavy atom. The molecule has 2 aromatic carbocycles. The summed E-state index contributed by atoms with van der Waals surface area (Å²) >= 11 is 1.57. The zero-order valence-corrected chi connectivity index (χ0v) is 41.9. The topological polar surface area (TPSA) is 171 Å². The molecule has 6 unspecified atom stereocenters. The molecule has 366 valence electrons. The zero-order valence-electron chi connectivity index (χ0n) is 41.1. The Morgan fingerprint density at radius 3 is 2.44 bits per heavy atom. The maximum atomic E-state index is 15.4. The molecule has 0 amide bonds. The Bertz CT molecular complexity index is 2550. The molecule has 68 heavy (non-hydrogen) atoms. The Morgan fingerprint density at radius 2 is 1.74 bits per heavy atom. The molecule has 2 aromatic rings. The number of carbonyl (C=O) groups is 2. The van der Waals surface area contributed by atoms with E-state index in [4.69, 9.17) is 33.2 Å². The summed E-state index contributed by atoms with van der Waals surface area (Å²) in [6.07, 6.45) is 5.84. The van der Waals surface area contributed by atoms with Crippen LogP contribution in [0.4, 0.5) is 5.69 Å². The lowest BCUT2D eigenvalue weighted by Gasteiger charge is -2.64. The number of aliphatic hydroxyl groups is 3. The summed E-state index contributed by atoms with van der Waals surface area (Å²) in [6, 6.07) is 7.94. The maximum absolute atomic E-state index is 15.4. The highest BCUT2D eigenvalue weighted by Gasteiger charge is 2.76. The molecule has 10 rings (SSSR count). The van der Waals surface area contributed by atoms with Crippen LogP contribution in [0.15, 0.2) is 75.8 Å². The summed E-state index contributed by atoms with van der Waals surface area (Å²) in [5, 5.41) is 40.7. The van der Waals surface area contributed by atoms with Gasteiger partial charge in [0.2, 0.25) is 6.29 Å². The van der Waals surface area contributed by atoms with Crippen molar-refractivity contribution >= 4 is 41.0 Å². The summed E-state index contributed by atoms with van der Waals surface area (Å²) in [6.45, 7) is 19.6. The van der Waals surface area contributed by atoms with Crippen molar-refractivity contribution in [3.8, 4) is 17.2 Å². The first-order valence-electron chi connectivity index (χ1n) is 24.0. The average molecular weight is 954 g/mol. The van der Waals surface area contributed by atoms with Gasteiger partial charge >= 0.3 is 5.97 Å². The number of rotatable bonds is 11. The zero-order chi connectivity index (χ0) is 48.8. The Labute approximate surface area is 404 Å². The fraction of sp³-hybridized carbons (Fsp3) is 0.556. The lowest BCUT2D eigenvalue weighted by molar-refractivity contribution is -0.373. The molecule has 5 aliphatic heterocycles. The minimum absolute atomic E-state index is 0.0822. The van der Waals surface area contributed by atoms with Gasteiger partial charge in [-0.05, 0) is 111 Å². The molecule has 1 spiro atoms. The smallest absolute Gasteiger partial charge is 0.333 e. The quantitative estimate of drug-likeness (QED) is 0.0959. The van der Waals surface area contributed by atoms with Gasteiger partial charge in [-0.15, -0.1) is 11.8 Å². The molecule has 14 heteroatoms. The molecule has 3 saturated carbocycles. The minimum Gasteiger partial charge on any atom is -0.482 e. The number of para-hydroxylation sites is 1. The second-order valence-corrected chi connectivity index (χ2v) is 22.2. The highest BCUT2D eigenvalue weighted by Crippen LogP contribution is 2.69. The number of fused-ring (bicyclic) bond motifs is 7. The van der Waals surface area contributed by atoms with Crippen molar-refractivity contribution in [3.05, 3.63) is 87.6 Å². The highest BCUT2D eigenvalue weighted by molar-refractivity contribution is 8.00. The van der Waals surface area contributed by atoms with Crippen molar-refractivity contribution in [1.82, 2.24) is 0 Å². The number of thioether (sulfide) groups is 1. The van der Waals surface area contributed by atoms with Crippen LogP contribution in [0.3, 0.4) is 0 Å². The van der Waals surface area contributed by atoms with Gasteiger partial charge in [-0.3, -0.25) is 4.79 Å². The minimum atomic E-state index is -2.16. The molecular formula is C54H67NO12S. The number of Topliss-reactive ketones (excluding diaryl/α,β-unsaturated/α-hetero) is 1. The number of aliphatic hydroxyl groups excluding tert-OH is 2. The Kier molecular flexibility index (Phi) is 12.7. The predicted octanol–water partition coefficient (Wildman–Crippen LogP) is 8.63. The van der Waals surface area contributed by atoms with E-state index in [0.29, 0.717) is 58.7 Å². The number of methoxy groups -OCH3 is 1. The van der Waals surface area contributed by atoms with Crippen LogP contribution in [0.2, 0.25) is 0 Å². The van der Waals surface area contributed by atoms with Crippen molar-refractivity contribution in [1.29, 1.82) is 0 Å². The van der Waals surface area contributed by atoms with E-state index in [9.17, 15) is 20.1 Å². The molecule has 4 N–H and O–H groups in total. The van der Waals surface area contributed by atoms with Crippen LogP contribution in [0.1, 0.15) is 112 Å². The van der Waals surface area contributed by atoms with E-state index in [0.717, 1.165) is 22.6 Å². The van der Waals surface area contributed by atoms with Crippen molar-refractivity contribution in [2.24, 2.45) is 17.8 Å². The normalized spacial score (nSPS) is 33.9. The van der Waals surface area contributed by atoms with E-state index in [1.807, 2.05) is 57.2 Å². The van der Waals surface area contributed by atoms with Gasteiger partial charge < -0.3 is 53.8 Å². The first-order chi connectivity index (χ1) is 32.1. The number of nitrogens with one attached hydrogen (secondary N) is 1. The number of carbonyl (C=O) groups excluding carboxylic acids is 2. The summed E-state index contributed by atoms with van der Waals surface area (Å²) in [7, 11) is 1.30. The fourth-order valence-corrected chi connectivity index (χ4v) is 12.8. The van der Waals surface area contributed by atoms with Crippen LogP contribution in [-0.2, 0) is 35.0 Å². The molecule has 3 aliphatic carbocycles. The third-order valence-corrected chi connectivity index (χ3v) is 16.3. The SMILES string of the molecule is COC(=O)/C(C)=C\CC1(O)C(=O)C2CC(C(C)C)C13Oc1c(CC=C(C)C)c4c(c(O[C@H]5O[C@H]6COC(C)(C)O[C@@H]6[C@@H](O)[C@@H]5O)c1C1=C3C2Sc2ccccc2N1)C=CC(C)(CCC=C(C)C)O4. The van der Waals surface area contributed by atoms with Gasteiger partial charge in [-0.1, -0.05) is 55.4 Å². The number of anilines is 1. The number of hydrogen-bond acceptors (Lipinski definition) is 14. The number of ketones is 1. The number of esters is 1. The summed E-state index contributed by atoms with van der Waals surface area (Å²) in [4.78, 5) is 29.2. The van der Waals surface area contributed by atoms with Gasteiger partial charge in [0.25, 0.3) is 0 Å². The van der Waals surface area contributed by atoms with E-state index in [-0.39, 0.29) is 36.1 Å². The fourth-order valence-electron chi connectivity index (χ4n) is 11.4. The molecule has 2 bridgehead atoms. The number of allylic oxidation sites excluding steroid dienone is 4. The molecule has 5 fully saturated rings. The molecule has 8 aliphatic rings. The van der Waals surface area contributed by atoms with Crippen LogP contribution in [0.25, 0.3) is 11.8 Å². The largest absolute Gasteiger partial charge is 0.482 e. The van der Waals surface area contributed by atoms with Crippen molar-refractivity contribution in [3.63, 3.8) is 0 Å². The van der Waals surface area contributed by atoms with Crippen LogP contribution in [0, 0.1) is 17.8 Å². The van der Waals surface area contributed by atoms with Crippen molar-refractivity contribution < 1.29 is 58.1 Å². The molecule has 11 atom stereocenters. The Hall–Kier alpha value is -4.41. The molecule has 13 nitrogen and oxygen atoms in total. The van der Waals surface area contributed by atoms with Gasteiger partial charge in [-0.25, -0.2) is 4.79 Å². The van der Waals surface area contributed by atoms with Gasteiger partial charge in [-0.2, -0.15) is 0 Å². The predicted molar refractivity (Wildman–Crippen MR) is 259 cm³/mol. The van der Waals surface area contributed by atoms with Crippen LogP contribution in [0.5, 0.6) is 17.2 Å². The standard InChI is InChI=1S/C54H67NO12S/c1-27(2)15-14-22-52(10)23-21-32-43(66-52)31(19-18-28(3)4)45-38(44(32)64-50-42(57)41(56)46-36(63-50)26-62-51(8,9)65-46)40-39-47(68-37-17-13-12-16-35(37)55-40)33-25-34(29(5)6)54(39,67-45)53(60,48(33)58)24-20-30(7)49(59)61-11/h12-13,15-18,20-21,23,29,33-34,36,41-42,46-47,50,55-57,60H,14,19,22,24-26H2,1-11H3/b30-20-/t33?,34?,36-,41-,42-,46-,47?,50+,52?,53?,54?/m0/s1. The number of ether oxygens (including phenoxy) is 7. The van der Waals surface area contributed by atoms with E-state index in [2.05, 4.69) is 45.2 Å². The monoisotopic (exact) mass is 953 g/mol. The molecule has 0 radical (unpaired) electrons. The van der Waals surface area contributed by atoms with Gasteiger partial charge in [0, 0.05) is 45.1 Å². The Balaban J connectivity index is 1.35. The van der Waals surface area contributed by atoms with Crippen molar-refractivity contribution in [2.45, 2.75) is 165 Å². The van der Waals surface area contributed by atoms with E-state index < -0.39 is 76.4 Å². The van der Waals surface area contributed by atoms with Crippen LogP contribution >= 0.6 is 11.8 Å². The van der Waals surface area contributed by atoms with Gasteiger partial charge in [0.15, 0.2) is 22.8 Å².